The summed E-state index contributed by atoms with van der Waals surface area (Å²) in [7, 11) is 0. The van der Waals surface area contributed by atoms with E-state index in [1.165, 1.54) is 19.2 Å². The molecule has 1 aromatic carbocycles. The highest BCUT2D eigenvalue weighted by Gasteiger charge is 2.19. The molecule has 1 aliphatic heterocycles. The second-order valence-corrected chi connectivity index (χ2v) is 6.14. The topological polar surface area (TPSA) is 42.2 Å². The van der Waals surface area contributed by atoms with Crippen molar-refractivity contribution < 1.29 is 4.42 Å². The fourth-order valence-corrected chi connectivity index (χ4v) is 3.25. The van der Waals surface area contributed by atoms with E-state index in [0.717, 1.165) is 35.6 Å². The zero-order valence-corrected chi connectivity index (χ0v) is 13.2. The third-order valence-corrected chi connectivity index (χ3v) is 4.79. The number of aromatic nitrogens is 2. The fraction of sp³-hybridized carbons (Fsp3) is 0.250. The molecule has 3 heterocycles. The molecule has 0 radical (unpaired) electrons. The molecule has 0 unspecified atom stereocenters. The van der Waals surface area contributed by atoms with E-state index in [0.29, 0.717) is 15.6 Å². The van der Waals surface area contributed by atoms with Crippen molar-refractivity contribution in [3.8, 4) is 11.3 Å². The normalized spacial score (nSPS) is 14.9. The molecular formula is C16H13Cl2N3O. The first kappa shape index (κ1) is 13.9. The van der Waals surface area contributed by atoms with Gasteiger partial charge in [0.2, 0.25) is 0 Å². The molecule has 1 aliphatic rings. The Bertz CT molecular complexity index is 827. The van der Waals surface area contributed by atoms with Crippen LogP contribution in [0.5, 0.6) is 0 Å². The lowest BCUT2D eigenvalue weighted by Crippen LogP contribution is -2.19. The van der Waals surface area contributed by atoms with Crippen LogP contribution in [0.25, 0.3) is 22.2 Å². The second-order valence-electron chi connectivity index (χ2n) is 5.35. The Morgan fingerprint density at radius 2 is 1.95 bits per heavy atom. The molecule has 2 aromatic heterocycles. The Morgan fingerprint density at radius 1 is 1.14 bits per heavy atom. The number of nitrogens with zero attached hydrogens (tertiary/aromatic N) is 3. The van der Waals surface area contributed by atoms with Crippen LogP contribution in [0.15, 0.2) is 35.3 Å². The van der Waals surface area contributed by atoms with Crippen LogP contribution in [0, 0.1) is 0 Å². The standard InChI is InChI=1S/C16H13Cl2N3O/c17-12-4-3-10-11(13-8-22-9-19-13)7-14(20-16(10)15(12)18)21-5-1-2-6-21/h3-4,7-9H,1-2,5-6H2. The lowest BCUT2D eigenvalue weighted by atomic mass is 10.1. The molecule has 22 heavy (non-hydrogen) atoms. The van der Waals surface area contributed by atoms with Gasteiger partial charge in [-0.2, -0.15) is 0 Å². The summed E-state index contributed by atoms with van der Waals surface area (Å²) in [5, 5.41) is 1.91. The molecule has 6 heteroatoms. The average molecular weight is 334 g/mol. The van der Waals surface area contributed by atoms with Gasteiger partial charge in [-0.15, -0.1) is 0 Å². The van der Waals surface area contributed by atoms with Gasteiger partial charge in [0.25, 0.3) is 0 Å². The van der Waals surface area contributed by atoms with Gasteiger partial charge in [0, 0.05) is 24.0 Å². The zero-order valence-electron chi connectivity index (χ0n) is 11.7. The number of benzene rings is 1. The van der Waals surface area contributed by atoms with Crippen molar-refractivity contribution in [3.05, 3.63) is 40.9 Å². The Balaban J connectivity index is 2.01. The number of pyridine rings is 1. The zero-order chi connectivity index (χ0) is 15.1. The van der Waals surface area contributed by atoms with Crippen LogP contribution in [0.2, 0.25) is 10.0 Å². The first-order valence-electron chi connectivity index (χ1n) is 7.16. The van der Waals surface area contributed by atoms with Gasteiger partial charge in [-0.1, -0.05) is 29.3 Å². The maximum absolute atomic E-state index is 6.38. The van der Waals surface area contributed by atoms with Gasteiger partial charge in [-0.3, -0.25) is 0 Å². The van der Waals surface area contributed by atoms with Gasteiger partial charge in [-0.05, 0) is 25.0 Å². The van der Waals surface area contributed by atoms with Crippen molar-refractivity contribution in [1.29, 1.82) is 0 Å². The summed E-state index contributed by atoms with van der Waals surface area (Å²) < 4.78 is 5.13. The molecule has 0 saturated carbocycles. The SMILES string of the molecule is Clc1ccc2c(-c3cocn3)cc(N3CCCC3)nc2c1Cl. The first-order valence-corrected chi connectivity index (χ1v) is 7.92. The largest absolute Gasteiger partial charge is 0.451 e. The van der Waals surface area contributed by atoms with Crippen LogP contribution < -0.4 is 4.90 Å². The van der Waals surface area contributed by atoms with Crippen molar-refractivity contribution in [2.45, 2.75) is 12.8 Å². The highest BCUT2D eigenvalue weighted by atomic mass is 35.5. The summed E-state index contributed by atoms with van der Waals surface area (Å²) in [6, 6.07) is 5.76. The molecule has 112 valence electrons. The lowest BCUT2D eigenvalue weighted by molar-refractivity contribution is 0.558. The highest BCUT2D eigenvalue weighted by Crippen LogP contribution is 2.37. The van der Waals surface area contributed by atoms with Crippen molar-refractivity contribution in [1.82, 2.24) is 9.97 Å². The van der Waals surface area contributed by atoms with E-state index < -0.39 is 0 Å². The van der Waals surface area contributed by atoms with Crippen LogP contribution in [0.1, 0.15) is 12.8 Å². The van der Waals surface area contributed by atoms with Crippen molar-refractivity contribution in [2.75, 3.05) is 18.0 Å². The monoisotopic (exact) mass is 333 g/mol. The number of rotatable bonds is 2. The molecule has 4 nitrogen and oxygen atoms in total. The third-order valence-electron chi connectivity index (χ3n) is 4.00. The van der Waals surface area contributed by atoms with Crippen LogP contribution >= 0.6 is 23.2 Å². The Labute approximate surface area is 137 Å². The number of oxazole rings is 1. The molecule has 0 amide bonds. The summed E-state index contributed by atoms with van der Waals surface area (Å²) in [6.07, 6.45) is 5.42. The molecule has 0 N–H and O–H groups in total. The Hall–Kier alpha value is -1.78. The van der Waals surface area contributed by atoms with Crippen molar-refractivity contribution in [2.24, 2.45) is 0 Å². The van der Waals surface area contributed by atoms with Gasteiger partial charge in [0.15, 0.2) is 6.39 Å². The second kappa shape index (κ2) is 5.45. The minimum Gasteiger partial charge on any atom is -0.451 e. The third kappa shape index (κ3) is 2.23. The quantitative estimate of drug-likeness (QED) is 0.675. The highest BCUT2D eigenvalue weighted by molar-refractivity contribution is 6.45. The van der Waals surface area contributed by atoms with Crippen molar-refractivity contribution in [3.63, 3.8) is 0 Å². The molecule has 0 bridgehead atoms. The summed E-state index contributed by atoms with van der Waals surface area (Å²) in [5.41, 5.74) is 2.43. The van der Waals surface area contributed by atoms with Crippen molar-refractivity contribution >= 4 is 39.9 Å². The maximum Gasteiger partial charge on any atom is 0.181 e. The van der Waals surface area contributed by atoms with Crippen LogP contribution in [0.4, 0.5) is 5.82 Å². The van der Waals surface area contributed by atoms with Crippen LogP contribution in [0.3, 0.4) is 0 Å². The van der Waals surface area contributed by atoms with E-state index >= 15 is 0 Å². The van der Waals surface area contributed by atoms with E-state index in [1.54, 1.807) is 12.3 Å². The predicted molar refractivity (Wildman–Crippen MR) is 88.7 cm³/mol. The molecule has 0 atom stereocenters. The predicted octanol–water partition coefficient (Wildman–Crippen LogP) is 4.80. The van der Waals surface area contributed by atoms with Crippen LogP contribution in [-0.4, -0.2) is 23.1 Å². The van der Waals surface area contributed by atoms with E-state index in [1.807, 2.05) is 6.07 Å². The molecule has 3 aromatic rings. The summed E-state index contributed by atoms with van der Waals surface area (Å²) >= 11 is 12.5. The summed E-state index contributed by atoms with van der Waals surface area (Å²) in [6.45, 7) is 2.02. The van der Waals surface area contributed by atoms with Crippen LogP contribution in [-0.2, 0) is 0 Å². The van der Waals surface area contributed by atoms with Gasteiger partial charge >= 0.3 is 0 Å². The minimum absolute atomic E-state index is 0.477. The molecule has 0 spiro atoms. The van der Waals surface area contributed by atoms with Gasteiger partial charge in [0.1, 0.15) is 17.8 Å². The molecule has 1 saturated heterocycles. The fourth-order valence-electron chi connectivity index (χ4n) is 2.89. The van der Waals surface area contributed by atoms with E-state index in [2.05, 4.69) is 16.0 Å². The molecular weight excluding hydrogens is 321 g/mol. The number of fused-ring (bicyclic) bond motifs is 1. The smallest absolute Gasteiger partial charge is 0.181 e. The molecule has 1 fully saturated rings. The molecule has 0 aliphatic carbocycles. The van der Waals surface area contributed by atoms with E-state index in [-0.39, 0.29) is 0 Å². The van der Waals surface area contributed by atoms with E-state index in [4.69, 9.17) is 32.6 Å². The Morgan fingerprint density at radius 3 is 2.68 bits per heavy atom. The summed E-state index contributed by atoms with van der Waals surface area (Å²) in [5.74, 6) is 0.909. The number of hydrogen-bond acceptors (Lipinski definition) is 4. The summed E-state index contributed by atoms with van der Waals surface area (Å²) in [4.78, 5) is 11.3. The van der Waals surface area contributed by atoms with Gasteiger partial charge in [0.05, 0.1) is 15.6 Å². The lowest BCUT2D eigenvalue weighted by Gasteiger charge is -2.18. The number of halogens is 2. The Kier molecular flexibility index (Phi) is 3.43. The van der Waals surface area contributed by atoms with Gasteiger partial charge in [-0.25, -0.2) is 9.97 Å². The number of anilines is 1. The average Bonchev–Trinajstić information content (AvgIpc) is 3.23. The van der Waals surface area contributed by atoms with E-state index in [9.17, 15) is 0 Å². The minimum atomic E-state index is 0.477. The van der Waals surface area contributed by atoms with Gasteiger partial charge < -0.3 is 9.32 Å². The number of hydrogen-bond donors (Lipinski definition) is 0. The molecule has 4 rings (SSSR count). The first-order chi connectivity index (χ1) is 10.7. The maximum atomic E-state index is 6.38.